The molecule has 0 saturated heterocycles. The number of alkyl halides is 3. The van der Waals surface area contributed by atoms with E-state index in [1.54, 1.807) is 6.07 Å². The quantitative estimate of drug-likeness (QED) is 0.746. The molecule has 1 nitrogen and oxygen atoms in total. The van der Waals surface area contributed by atoms with Crippen molar-refractivity contribution in [3.63, 3.8) is 0 Å². The van der Waals surface area contributed by atoms with Crippen LogP contribution in [0.1, 0.15) is 29.0 Å². The summed E-state index contributed by atoms with van der Waals surface area (Å²) >= 11 is 18.1. The summed E-state index contributed by atoms with van der Waals surface area (Å²) in [6.45, 7) is 0.260. The molecule has 0 saturated carbocycles. The molecule has 0 amide bonds. The fourth-order valence-corrected chi connectivity index (χ4v) is 3.22. The zero-order valence-electron chi connectivity index (χ0n) is 11.4. The van der Waals surface area contributed by atoms with Crippen LogP contribution in [0.4, 0.5) is 13.2 Å². The third-order valence-electron chi connectivity index (χ3n) is 3.39. The summed E-state index contributed by atoms with van der Waals surface area (Å²) in [5, 5.41) is 1.00. The lowest BCUT2D eigenvalue weighted by atomic mass is 9.89. The first-order valence-corrected chi connectivity index (χ1v) is 7.68. The third-order valence-corrected chi connectivity index (χ3v) is 4.53. The minimum absolute atomic E-state index is 0.251. The highest BCUT2D eigenvalue weighted by molar-refractivity contribution is 6.42. The van der Waals surface area contributed by atoms with Gasteiger partial charge in [-0.25, -0.2) is 0 Å². The fourth-order valence-electron chi connectivity index (χ4n) is 2.37. The lowest BCUT2D eigenvalue weighted by molar-refractivity contribution is -0.137. The van der Waals surface area contributed by atoms with Crippen molar-refractivity contribution < 1.29 is 13.2 Å². The Bertz CT molecular complexity index is 635. The summed E-state index contributed by atoms with van der Waals surface area (Å²) in [6.07, 6.45) is -2.26. The lowest BCUT2D eigenvalue weighted by Gasteiger charge is -2.23. The van der Waals surface area contributed by atoms with Gasteiger partial charge in [0.25, 0.3) is 0 Å². The van der Waals surface area contributed by atoms with Gasteiger partial charge in [-0.05, 0) is 48.7 Å². The fraction of sp³-hybridized carbons (Fsp3) is 0.333. The van der Waals surface area contributed by atoms with Crippen molar-refractivity contribution in [2.75, 3.05) is 6.54 Å². The van der Waals surface area contributed by atoms with Gasteiger partial charge in [-0.3, -0.25) is 0 Å². The highest BCUT2D eigenvalue weighted by atomic mass is 35.5. The molecular formula is C15H13Cl3F3N. The van der Waals surface area contributed by atoms with E-state index >= 15 is 0 Å². The molecule has 0 heterocycles. The van der Waals surface area contributed by atoms with Crippen LogP contribution in [-0.2, 0) is 12.6 Å². The second-order valence-electron chi connectivity index (χ2n) is 5.04. The van der Waals surface area contributed by atoms with Crippen molar-refractivity contribution in [2.24, 2.45) is 5.73 Å². The molecule has 1 aromatic carbocycles. The third kappa shape index (κ3) is 3.99. The van der Waals surface area contributed by atoms with Gasteiger partial charge in [-0.1, -0.05) is 40.9 Å². The predicted molar refractivity (Wildman–Crippen MR) is 84.2 cm³/mol. The highest BCUT2D eigenvalue weighted by Crippen LogP contribution is 2.43. The summed E-state index contributed by atoms with van der Waals surface area (Å²) in [5.41, 5.74) is 5.68. The van der Waals surface area contributed by atoms with E-state index < -0.39 is 17.7 Å². The Hall–Kier alpha value is -0.680. The Labute approximate surface area is 141 Å². The molecule has 2 rings (SSSR count). The maximum atomic E-state index is 13.1. The molecule has 22 heavy (non-hydrogen) atoms. The number of hydrogen-bond acceptors (Lipinski definition) is 1. The van der Waals surface area contributed by atoms with Crippen molar-refractivity contribution in [1.82, 2.24) is 0 Å². The van der Waals surface area contributed by atoms with Gasteiger partial charge in [0.15, 0.2) is 0 Å². The van der Waals surface area contributed by atoms with Crippen LogP contribution >= 0.6 is 34.8 Å². The average molecular weight is 371 g/mol. The molecular weight excluding hydrogens is 358 g/mol. The number of hydrogen-bond donors (Lipinski definition) is 1. The molecule has 0 spiro atoms. The van der Waals surface area contributed by atoms with E-state index in [9.17, 15) is 13.2 Å². The van der Waals surface area contributed by atoms with Crippen molar-refractivity contribution >= 4 is 34.8 Å². The zero-order valence-corrected chi connectivity index (χ0v) is 13.6. The number of benzene rings is 1. The van der Waals surface area contributed by atoms with Crippen LogP contribution in [0.2, 0.25) is 0 Å². The monoisotopic (exact) mass is 369 g/mol. The van der Waals surface area contributed by atoms with Gasteiger partial charge in [0.05, 0.1) is 10.6 Å². The minimum Gasteiger partial charge on any atom is -0.330 e. The van der Waals surface area contributed by atoms with Gasteiger partial charge >= 0.3 is 6.18 Å². The van der Waals surface area contributed by atoms with Crippen LogP contribution in [0.25, 0.3) is 0 Å². The van der Waals surface area contributed by atoms with Crippen molar-refractivity contribution in [1.29, 1.82) is 0 Å². The van der Waals surface area contributed by atoms with Gasteiger partial charge in [0.2, 0.25) is 0 Å². The first-order chi connectivity index (χ1) is 10.2. The molecule has 2 N–H and O–H groups in total. The van der Waals surface area contributed by atoms with Crippen molar-refractivity contribution in [3.05, 3.63) is 56.1 Å². The second kappa shape index (κ2) is 6.83. The average Bonchev–Trinajstić information content (AvgIpc) is 2.42. The highest BCUT2D eigenvalue weighted by Gasteiger charge is 2.33. The van der Waals surface area contributed by atoms with E-state index in [1.807, 2.05) is 0 Å². The Morgan fingerprint density at radius 3 is 2.41 bits per heavy atom. The van der Waals surface area contributed by atoms with Gasteiger partial charge in [-0.2, -0.15) is 13.2 Å². The maximum absolute atomic E-state index is 13.1. The molecule has 1 aliphatic carbocycles. The molecule has 0 aromatic heterocycles. The number of rotatable bonds is 3. The zero-order chi connectivity index (χ0) is 16.5. The molecule has 0 aliphatic heterocycles. The first-order valence-electron chi connectivity index (χ1n) is 6.54. The van der Waals surface area contributed by atoms with Crippen LogP contribution < -0.4 is 5.73 Å². The Kier molecular flexibility index (Phi) is 5.49. The first kappa shape index (κ1) is 17.7. The molecule has 0 fully saturated rings. The maximum Gasteiger partial charge on any atom is 0.416 e. The van der Waals surface area contributed by atoms with Crippen LogP contribution in [-0.4, -0.2) is 6.54 Å². The molecule has 1 aliphatic rings. The van der Waals surface area contributed by atoms with Crippen LogP contribution in [0.15, 0.2) is 39.4 Å². The molecule has 120 valence electrons. The Morgan fingerprint density at radius 1 is 1.14 bits per heavy atom. The summed E-state index contributed by atoms with van der Waals surface area (Å²) < 4.78 is 39.2. The van der Waals surface area contributed by atoms with Crippen LogP contribution in [0.3, 0.4) is 0 Å². The van der Waals surface area contributed by atoms with E-state index in [0.717, 1.165) is 12.1 Å². The Morgan fingerprint density at radius 2 is 1.82 bits per heavy atom. The van der Waals surface area contributed by atoms with E-state index in [1.165, 1.54) is 6.08 Å². The predicted octanol–water partition coefficient (Wildman–Crippen LogP) is 5.51. The largest absolute Gasteiger partial charge is 0.416 e. The molecule has 1 unspecified atom stereocenters. The van der Waals surface area contributed by atoms with Crippen LogP contribution in [0.5, 0.6) is 0 Å². The number of nitrogens with two attached hydrogens (primary N) is 1. The molecule has 1 aromatic rings. The second-order valence-corrected chi connectivity index (χ2v) is 6.34. The number of allylic oxidation sites excluding steroid dienone is 4. The summed E-state index contributed by atoms with van der Waals surface area (Å²) in [5.74, 6) is -0.481. The van der Waals surface area contributed by atoms with E-state index in [2.05, 4.69) is 0 Å². The van der Waals surface area contributed by atoms with Gasteiger partial charge < -0.3 is 5.73 Å². The minimum atomic E-state index is -4.44. The van der Waals surface area contributed by atoms with Crippen molar-refractivity contribution in [3.8, 4) is 0 Å². The number of halogens is 6. The SMILES string of the molecule is NCCc1cc(C2CC(Cl)=CC(Cl)=C2Cl)cc(C(F)(F)F)c1. The molecule has 1 atom stereocenters. The van der Waals surface area contributed by atoms with E-state index in [-0.39, 0.29) is 11.6 Å². The summed E-state index contributed by atoms with van der Waals surface area (Å²) in [6, 6.07) is 3.87. The molecule has 0 radical (unpaired) electrons. The van der Waals surface area contributed by atoms with E-state index in [4.69, 9.17) is 40.5 Å². The standard InChI is InChI=1S/C15H13Cl3F3N/c16-11-6-12(14(18)13(17)7-11)9-3-8(1-2-22)4-10(5-9)15(19,20)21/h3-5,7,12H,1-2,6,22H2. The summed E-state index contributed by atoms with van der Waals surface area (Å²) in [4.78, 5) is 0. The van der Waals surface area contributed by atoms with Crippen LogP contribution in [0, 0.1) is 0 Å². The van der Waals surface area contributed by atoms with Gasteiger partial charge in [0.1, 0.15) is 0 Å². The summed E-state index contributed by atoms with van der Waals surface area (Å²) in [7, 11) is 0. The molecule has 7 heteroatoms. The Balaban J connectivity index is 2.51. The van der Waals surface area contributed by atoms with Crippen molar-refractivity contribution in [2.45, 2.75) is 24.9 Å². The van der Waals surface area contributed by atoms with Gasteiger partial charge in [-0.15, -0.1) is 0 Å². The molecule has 0 bridgehead atoms. The smallest absolute Gasteiger partial charge is 0.330 e. The van der Waals surface area contributed by atoms with Gasteiger partial charge in [0, 0.05) is 16.0 Å². The van der Waals surface area contributed by atoms with E-state index in [0.29, 0.717) is 34.0 Å². The lowest BCUT2D eigenvalue weighted by Crippen LogP contribution is -2.12. The normalized spacial score (nSPS) is 19.4. The topological polar surface area (TPSA) is 26.0 Å².